The number of aromatic nitrogens is 2. The van der Waals surface area contributed by atoms with Gasteiger partial charge in [0.15, 0.2) is 0 Å². The van der Waals surface area contributed by atoms with E-state index in [9.17, 15) is 9.59 Å². The van der Waals surface area contributed by atoms with Gasteiger partial charge in [0, 0.05) is 38.6 Å². The minimum Gasteiger partial charge on any atom is -0.481 e. The molecule has 2 N–H and O–H groups in total. The number of aliphatic carboxylic acids is 1. The normalized spacial score (nSPS) is 13.6. The summed E-state index contributed by atoms with van der Waals surface area (Å²) in [6.45, 7) is 4.25. The number of urea groups is 1. The van der Waals surface area contributed by atoms with E-state index in [1.54, 1.807) is 26.5 Å². The van der Waals surface area contributed by atoms with Crippen molar-refractivity contribution in [3.8, 4) is 0 Å². The second-order valence-corrected chi connectivity index (χ2v) is 4.73. The molecule has 1 heterocycles. The molecular formula is C12H20N4O3. The monoisotopic (exact) mass is 268 g/mol. The number of hydrogen-bond acceptors (Lipinski definition) is 3. The molecule has 1 aromatic heterocycles. The molecule has 0 aliphatic carbocycles. The van der Waals surface area contributed by atoms with E-state index in [2.05, 4.69) is 10.3 Å². The molecule has 106 valence electrons. The molecule has 0 saturated heterocycles. The lowest BCUT2D eigenvalue weighted by Crippen LogP contribution is -2.45. The van der Waals surface area contributed by atoms with Crippen molar-refractivity contribution in [2.75, 3.05) is 13.6 Å². The van der Waals surface area contributed by atoms with Crippen LogP contribution in [0.15, 0.2) is 18.7 Å². The summed E-state index contributed by atoms with van der Waals surface area (Å²) < 4.78 is 1.87. The van der Waals surface area contributed by atoms with Crippen molar-refractivity contribution >= 4 is 12.0 Å². The van der Waals surface area contributed by atoms with Crippen LogP contribution >= 0.6 is 0 Å². The zero-order chi connectivity index (χ0) is 14.4. The van der Waals surface area contributed by atoms with Crippen LogP contribution in [0.1, 0.15) is 13.8 Å². The van der Waals surface area contributed by atoms with E-state index >= 15 is 0 Å². The average molecular weight is 268 g/mol. The Hall–Kier alpha value is -2.05. The molecule has 2 unspecified atom stereocenters. The molecule has 0 aliphatic rings. The molecular weight excluding hydrogens is 248 g/mol. The van der Waals surface area contributed by atoms with Crippen molar-refractivity contribution in [3.63, 3.8) is 0 Å². The van der Waals surface area contributed by atoms with Crippen LogP contribution in [-0.2, 0) is 11.3 Å². The topological polar surface area (TPSA) is 87.5 Å². The van der Waals surface area contributed by atoms with E-state index in [4.69, 9.17) is 5.11 Å². The van der Waals surface area contributed by atoms with Crippen molar-refractivity contribution in [3.05, 3.63) is 18.7 Å². The maximum absolute atomic E-state index is 11.8. The molecule has 2 amide bonds. The van der Waals surface area contributed by atoms with Crippen molar-refractivity contribution in [2.45, 2.75) is 26.4 Å². The molecule has 0 spiro atoms. The van der Waals surface area contributed by atoms with E-state index in [0.717, 1.165) is 0 Å². The van der Waals surface area contributed by atoms with Gasteiger partial charge in [0.25, 0.3) is 0 Å². The van der Waals surface area contributed by atoms with Gasteiger partial charge in [-0.1, -0.05) is 6.92 Å². The molecule has 1 rings (SSSR count). The first-order chi connectivity index (χ1) is 8.90. The number of carboxylic acid groups (broad SMARTS) is 1. The van der Waals surface area contributed by atoms with Crippen LogP contribution in [0, 0.1) is 5.92 Å². The molecule has 19 heavy (non-hydrogen) atoms. The van der Waals surface area contributed by atoms with Crippen LogP contribution in [0.2, 0.25) is 0 Å². The molecule has 0 aromatic carbocycles. The van der Waals surface area contributed by atoms with Crippen molar-refractivity contribution in [2.24, 2.45) is 5.92 Å². The van der Waals surface area contributed by atoms with Gasteiger partial charge in [0.05, 0.1) is 12.2 Å². The maximum Gasteiger partial charge on any atom is 0.317 e. The summed E-state index contributed by atoms with van der Waals surface area (Å²) in [5.41, 5.74) is 0. The van der Waals surface area contributed by atoms with Gasteiger partial charge in [0.1, 0.15) is 0 Å². The average Bonchev–Trinajstić information content (AvgIpc) is 2.80. The maximum atomic E-state index is 11.8. The van der Waals surface area contributed by atoms with Gasteiger partial charge >= 0.3 is 12.0 Å². The number of carbonyl (C=O) groups excluding carboxylic acids is 1. The fourth-order valence-electron chi connectivity index (χ4n) is 1.65. The highest BCUT2D eigenvalue weighted by atomic mass is 16.4. The minimum atomic E-state index is -0.911. The summed E-state index contributed by atoms with van der Waals surface area (Å²) in [5, 5.41) is 11.6. The zero-order valence-corrected chi connectivity index (χ0v) is 11.4. The Morgan fingerprint density at radius 3 is 2.68 bits per heavy atom. The van der Waals surface area contributed by atoms with Gasteiger partial charge in [-0.3, -0.25) is 4.79 Å². The first kappa shape index (κ1) is 15.0. The number of carbonyl (C=O) groups is 2. The lowest BCUT2D eigenvalue weighted by atomic mass is 10.2. The highest BCUT2D eigenvalue weighted by Gasteiger charge is 2.18. The predicted octanol–water partition coefficient (Wildman–Crippen LogP) is 0.634. The number of hydrogen-bond donors (Lipinski definition) is 2. The molecule has 7 nitrogen and oxygen atoms in total. The highest BCUT2D eigenvalue weighted by Crippen LogP contribution is 1.99. The van der Waals surface area contributed by atoms with Crippen molar-refractivity contribution in [1.82, 2.24) is 19.8 Å². The number of nitrogens with zero attached hydrogens (tertiary/aromatic N) is 3. The number of nitrogens with one attached hydrogen (secondary N) is 1. The molecule has 0 bridgehead atoms. The molecule has 0 aliphatic heterocycles. The minimum absolute atomic E-state index is 0.0655. The first-order valence-electron chi connectivity index (χ1n) is 6.10. The SMILES string of the molecule is CC(Cn1ccnc1)NC(=O)N(C)CC(C)C(=O)O. The Morgan fingerprint density at radius 1 is 1.47 bits per heavy atom. The van der Waals surface area contributed by atoms with Crippen molar-refractivity contribution in [1.29, 1.82) is 0 Å². The van der Waals surface area contributed by atoms with E-state index in [1.807, 2.05) is 17.7 Å². The van der Waals surface area contributed by atoms with Crippen LogP contribution in [-0.4, -0.2) is 51.2 Å². The summed E-state index contributed by atoms with van der Waals surface area (Å²) >= 11 is 0. The summed E-state index contributed by atoms with van der Waals surface area (Å²) in [6, 6.07) is -0.343. The van der Waals surface area contributed by atoms with Crippen LogP contribution < -0.4 is 5.32 Å². The Labute approximate surface area is 112 Å². The fraction of sp³-hybridized carbons (Fsp3) is 0.583. The smallest absolute Gasteiger partial charge is 0.317 e. The summed E-state index contributed by atoms with van der Waals surface area (Å²) in [5.74, 6) is -1.49. The third-order valence-corrected chi connectivity index (χ3v) is 2.73. The van der Waals surface area contributed by atoms with Crippen LogP contribution in [0.3, 0.4) is 0 Å². The molecule has 0 radical (unpaired) electrons. The van der Waals surface area contributed by atoms with Gasteiger partial charge < -0.3 is 19.9 Å². The third-order valence-electron chi connectivity index (χ3n) is 2.73. The molecule has 1 aromatic rings. The van der Waals surface area contributed by atoms with Crippen LogP contribution in [0.5, 0.6) is 0 Å². The van der Waals surface area contributed by atoms with Gasteiger partial charge in [-0.2, -0.15) is 0 Å². The Balaban J connectivity index is 2.38. The van der Waals surface area contributed by atoms with Crippen molar-refractivity contribution < 1.29 is 14.7 Å². The van der Waals surface area contributed by atoms with E-state index < -0.39 is 11.9 Å². The highest BCUT2D eigenvalue weighted by molar-refractivity contribution is 5.75. The zero-order valence-electron chi connectivity index (χ0n) is 11.4. The van der Waals surface area contributed by atoms with E-state index in [1.165, 1.54) is 4.90 Å². The lowest BCUT2D eigenvalue weighted by molar-refractivity contribution is -0.141. The number of imidazole rings is 1. The molecule has 0 fully saturated rings. The fourth-order valence-corrected chi connectivity index (χ4v) is 1.65. The number of carboxylic acids is 1. The van der Waals surface area contributed by atoms with Gasteiger partial charge in [-0.15, -0.1) is 0 Å². The van der Waals surface area contributed by atoms with Gasteiger partial charge in [-0.25, -0.2) is 9.78 Å². The molecule has 2 atom stereocenters. The third kappa shape index (κ3) is 4.99. The quantitative estimate of drug-likeness (QED) is 0.792. The van der Waals surface area contributed by atoms with E-state index in [-0.39, 0.29) is 18.6 Å². The number of amides is 2. The predicted molar refractivity (Wildman–Crippen MR) is 69.7 cm³/mol. The summed E-state index contributed by atoms with van der Waals surface area (Å²) in [7, 11) is 1.58. The molecule has 7 heteroatoms. The number of rotatable bonds is 6. The first-order valence-corrected chi connectivity index (χ1v) is 6.10. The Bertz CT molecular complexity index is 419. The standard InChI is InChI=1S/C12H20N4O3/c1-9(11(17)18)6-15(3)12(19)14-10(2)7-16-5-4-13-8-16/h4-5,8-10H,6-7H2,1-3H3,(H,14,19)(H,17,18). The van der Waals surface area contributed by atoms with Crippen LogP contribution in [0.4, 0.5) is 4.79 Å². The van der Waals surface area contributed by atoms with Crippen LogP contribution in [0.25, 0.3) is 0 Å². The van der Waals surface area contributed by atoms with Gasteiger partial charge in [-0.05, 0) is 6.92 Å². The summed E-state index contributed by atoms with van der Waals surface area (Å²) in [6.07, 6.45) is 5.17. The summed E-state index contributed by atoms with van der Waals surface area (Å²) in [4.78, 5) is 27.9. The second-order valence-electron chi connectivity index (χ2n) is 4.73. The Morgan fingerprint density at radius 2 is 2.16 bits per heavy atom. The lowest BCUT2D eigenvalue weighted by Gasteiger charge is -2.23. The molecule has 0 saturated carbocycles. The Kier molecular flexibility index (Phi) is 5.35. The largest absolute Gasteiger partial charge is 0.481 e. The second kappa shape index (κ2) is 6.77. The van der Waals surface area contributed by atoms with E-state index in [0.29, 0.717) is 6.54 Å². The van der Waals surface area contributed by atoms with Gasteiger partial charge in [0.2, 0.25) is 0 Å².